The molecule has 27 heavy (non-hydrogen) atoms. The van der Waals surface area contributed by atoms with E-state index in [1.165, 1.54) is 0 Å². The van der Waals surface area contributed by atoms with Crippen molar-refractivity contribution in [3.8, 4) is 11.5 Å². The summed E-state index contributed by atoms with van der Waals surface area (Å²) in [7, 11) is 3.21. The standard InChI is InChI=1S/C21H27ClN2O3/c1-21(2,16-6-8-17(22)9-7-16)14-24-20(25)23-12-11-15-5-10-18(26-3)19(13-15)27-4/h5-10,13H,11-12,14H2,1-4H3,(H2,23,24,25). The van der Waals surface area contributed by atoms with Gasteiger partial charge in [0, 0.05) is 23.5 Å². The highest BCUT2D eigenvalue weighted by Gasteiger charge is 2.21. The molecule has 2 N–H and O–H groups in total. The zero-order valence-electron chi connectivity index (χ0n) is 16.3. The van der Waals surface area contributed by atoms with Gasteiger partial charge in [-0.3, -0.25) is 0 Å². The Morgan fingerprint density at radius 1 is 1.00 bits per heavy atom. The lowest BCUT2D eigenvalue weighted by Crippen LogP contribution is -2.42. The highest BCUT2D eigenvalue weighted by atomic mass is 35.5. The minimum absolute atomic E-state index is 0.183. The smallest absolute Gasteiger partial charge is 0.314 e. The molecule has 0 saturated heterocycles. The Labute approximate surface area is 166 Å². The summed E-state index contributed by atoms with van der Waals surface area (Å²) in [5, 5.41) is 6.53. The van der Waals surface area contributed by atoms with Crippen LogP contribution < -0.4 is 20.1 Å². The lowest BCUT2D eigenvalue weighted by atomic mass is 9.85. The molecule has 0 saturated carbocycles. The van der Waals surface area contributed by atoms with Crippen LogP contribution in [0.15, 0.2) is 42.5 Å². The van der Waals surface area contributed by atoms with Crippen molar-refractivity contribution in [1.82, 2.24) is 10.6 Å². The largest absolute Gasteiger partial charge is 0.493 e. The zero-order chi connectivity index (χ0) is 19.9. The molecule has 2 amide bonds. The number of nitrogens with one attached hydrogen (secondary N) is 2. The first-order valence-corrected chi connectivity index (χ1v) is 9.22. The van der Waals surface area contributed by atoms with E-state index in [1.807, 2.05) is 42.5 Å². The van der Waals surface area contributed by atoms with Crippen LogP contribution in [0.4, 0.5) is 4.79 Å². The average Bonchev–Trinajstić information content (AvgIpc) is 2.66. The van der Waals surface area contributed by atoms with Gasteiger partial charge in [-0.1, -0.05) is 43.6 Å². The number of carbonyl (C=O) groups excluding carboxylic acids is 1. The van der Waals surface area contributed by atoms with Gasteiger partial charge in [-0.15, -0.1) is 0 Å². The van der Waals surface area contributed by atoms with Gasteiger partial charge in [0.15, 0.2) is 11.5 Å². The van der Waals surface area contributed by atoms with Crippen molar-refractivity contribution in [2.24, 2.45) is 0 Å². The predicted molar refractivity (Wildman–Crippen MR) is 109 cm³/mol. The number of carbonyl (C=O) groups is 1. The second-order valence-electron chi connectivity index (χ2n) is 6.94. The Bertz CT molecular complexity index is 761. The van der Waals surface area contributed by atoms with Crippen LogP contribution in [0.3, 0.4) is 0 Å². The quantitative estimate of drug-likeness (QED) is 0.710. The van der Waals surface area contributed by atoms with Gasteiger partial charge in [-0.2, -0.15) is 0 Å². The summed E-state index contributed by atoms with van der Waals surface area (Å²) in [6, 6.07) is 13.3. The van der Waals surface area contributed by atoms with Gasteiger partial charge < -0.3 is 20.1 Å². The van der Waals surface area contributed by atoms with E-state index in [9.17, 15) is 4.79 Å². The van der Waals surface area contributed by atoms with E-state index < -0.39 is 0 Å². The van der Waals surface area contributed by atoms with Crippen LogP contribution in [0.25, 0.3) is 0 Å². The Morgan fingerprint density at radius 3 is 2.30 bits per heavy atom. The number of hydrogen-bond donors (Lipinski definition) is 2. The number of halogens is 1. The third kappa shape index (κ3) is 6.07. The number of amides is 2. The molecule has 0 atom stereocenters. The molecule has 0 aliphatic rings. The molecule has 0 spiro atoms. The van der Waals surface area contributed by atoms with Crippen LogP contribution in [0.1, 0.15) is 25.0 Å². The summed E-state index contributed by atoms with van der Waals surface area (Å²) in [6.07, 6.45) is 0.703. The number of rotatable bonds is 8. The first kappa shape index (κ1) is 20.9. The third-order valence-electron chi connectivity index (χ3n) is 4.46. The number of benzene rings is 2. The van der Waals surface area contributed by atoms with Gasteiger partial charge in [-0.25, -0.2) is 4.79 Å². The zero-order valence-corrected chi connectivity index (χ0v) is 17.0. The fourth-order valence-corrected chi connectivity index (χ4v) is 2.85. The summed E-state index contributed by atoms with van der Waals surface area (Å²) in [5.74, 6) is 1.38. The van der Waals surface area contributed by atoms with Crippen molar-refractivity contribution in [3.63, 3.8) is 0 Å². The van der Waals surface area contributed by atoms with Crippen LogP contribution in [0.5, 0.6) is 11.5 Å². The third-order valence-corrected chi connectivity index (χ3v) is 4.72. The fraction of sp³-hybridized carbons (Fsp3) is 0.381. The second kappa shape index (κ2) is 9.51. The molecule has 0 bridgehead atoms. The minimum Gasteiger partial charge on any atom is -0.493 e. The molecule has 5 nitrogen and oxygen atoms in total. The van der Waals surface area contributed by atoms with E-state index in [0.29, 0.717) is 36.0 Å². The number of urea groups is 1. The first-order chi connectivity index (χ1) is 12.9. The number of ether oxygens (including phenoxy) is 2. The Balaban J connectivity index is 1.80. The van der Waals surface area contributed by atoms with E-state index in [1.54, 1.807) is 14.2 Å². The molecule has 2 rings (SSSR count). The molecule has 0 heterocycles. The monoisotopic (exact) mass is 390 g/mol. The van der Waals surface area contributed by atoms with E-state index in [0.717, 1.165) is 11.1 Å². The van der Waals surface area contributed by atoms with Crippen LogP contribution in [0, 0.1) is 0 Å². The minimum atomic E-state index is -0.189. The van der Waals surface area contributed by atoms with Crippen molar-refractivity contribution >= 4 is 17.6 Å². The van der Waals surface area contributed by atoms with Gasteiger partial charge in [0.05, 0.1) is 14.2 Å². The Kier molecular flexibility index (Phi) is 7.36. The average molecular weight is 391 g/mol. The highest BCUT2D eigenvalue weighted by molar-refractivity contribution is 6.30. The SMILES string of the molecule is COc1ccc(CCNC(=O)NCC(C)(C)c2ccc(Cl)cc2)cc1OC. The molecule has 0 aliphatic carbocycles. The molecule has 146 valence electrons. The van der Waals surface area contributed by atoms with Gasteiger partial charge >= 0.3 is 6.03 Å². The molecule has 2 aromatic rings. The molecule has 0 fully saturated rings. The lowest BCUT2D eigenvalue weighted by Gasteiger charge is -2.25. The summed E-state index contributed by atoms with van der Waals surface area (Å²) >= 11 is 5.94. The maximum atomic E-state index is 12.1. The van der Waals surface area contributed by atoms with E-state index in [-0.39, 0.29) is 11.4 Å². The summed E-state index contributed by atoms with van der Waals surface area (Å²) < 4.78 is 10.5. The van der Waals surface area contributed by atoms with Crippen molar-refractivity contribution < 1.29 is 14.3 Å². The summed E-state index contributed by atoms with van der Waals surface area (Å²) in [4.78, 5) is 12.1. The molecule has 0 aliphatic heterocycles. The van der Waals surface area contributed by atoms with Crippen molar-refractivity contribution in [1.29, 1.82) is 0 Å². The summed E-state index contributed by atoms with van der Waals surface area (Å²) in [6.45, 7) is 5.22. The second-order valence-corrected chi connectivity index (χ2v) is 7.38. The summed E-state index contributed by atoms with van der Waals surface area (Å²) in [5.41, 5.74) is 2.00. The Morgan fingerprint density at radius 2 is 1.67 bits per heavy atom. The molecular formula is C21H27ClN2O3. The van der Waals surface area contributed by atoms with E-state index >= 15 is 0 Å². The van der Waals surface area contributed by atoms with Crippen LogP contribution in [-0.2, 0) is 11.8 Å². The van der Waals surface area contributed by atoms with Crippen LogP contribution >= 0.6 is 11.6 Å². The molecule has 0 unspecified atom stereocenters. The van der Waals surface area contributed by atoms with Gasteiger partial charge in [0.2, 0.25) is 0 Å². The lowest BCUT2D eigenvalue weighted by molar-refractivity contribution is 0.238. The number of hydrogen-bond acceptors (Lipinski definition) is 3. The molecular weight excluding hydrogens is 364 g/mol. The molecule has 2 aromatic carbocycles. The van der Waals surface area contributed by atoms with Gasteiger partial charge in [-0.05, 0) is 41.8 Å². The van der Waals surface area contributed by atoms with Crippen molar-refractivity contribution in [3.05, 3.63) is 58.6 Å². The van der Waals surface area contributed by atoms with Crippen molar-refractivity contribution in [2.45, 2.75) is 25.7 Å². The Hall–Kier alpha value is -2.40. The number of methoxy groups -OCH3 is 2. The molecule has 0 aromatic heterocycles. The van der Waals surface area contributed by atoms with Crippen LogP contribution in [0.2, 0.25) is 5.02 Å². The van der Waals surface area contributed by atoms with E-state index in [4.69, 9.17) is 21.1 Å². The first-order valence-electron chi connectivity index (χ1n) is 8.84. The molecule has 0 radical (unpaired) electrons. The van der Waals surface area contributed by atoms with Gasteiger partial charge in [0.1, 0.15) is 0 Å². The van der Waals surface area contributed by atoms with Crippen LogP contribution in [-0.4, -0.2) is 33.3 Å². The maximum absolute atomic E-state index is 12.1. The highest BCUT2D eigenvalue weighted by Crippen LogP contribution is 2.27. The maximum Gasteiger partial charge on any atom is 0.314 e. The van der Waals surface area contributed by atoms with E-state index in [2.05, 4.69) is 24.5 Å². The normalized spacial score (nSPS) is 11.0. The van der Waals surface area contributed by atoms with Crippen molar-refractivity contribution in [2.75, 3.05) is 27.3 Å². The molecule has 6 heteroatoms. The van der Waals surface area contributed by atoms with Gasteiger partial charge in [0.25, 0.3) is 0 Å². The topological polar surface area (TPSA) is 59.6 Å². The fourth-order valence-electron chi connectivity index (χ4n) is 2.72. The predicted octanol–water partition coefficient (Wildman–Crippen LogP) is 4.18.